The van der Waals surface area contributed by atoms with Crippen LogP contribution in [-0.2, 0) is 13.1 Å². The third-order valence-electron chi connectivity index (χ3n) is 2.71. The SMILES string of the molecule is Fc1ncccc1-c1cn2c(n1)CNCC2. The molecule has 82 valence electrons. The molecule has 1 aliphatic heterocycles. The minimum atomic E-state index is -0.467. The van der Waals surface area contributed by atoms with Gasteiger partial charge in [0.25, 0.3) is 0 Å². The van der Waals surface area contributed by atoms with Gasteiger partial charge >= 0.3 is 0 Å². The summed E-state index contributed by atoms with van der Waals surface area (Å²) >= 11 is 0. The lowest BCUT2D eigenvalue weighted by Crippen LogP contribution is -2.27. The summed E-state index contributed by atoms with van der Waals surface area (Å²) in [6.07, 6.45) is 3.33. The predicted octanol–water partition coefficient (Wildman–Crippen LogP) is 1.19. The smallest absolute Gasteiger partial charge is 0.222 e. The quantitative estimate of drug-likeness (QED) is 0.731. The van der Waals surface area contributed by atoms with E-state index in [9.17, 15) is 4.39 Å². The van der Waals surface area contributed by atoms with Crippen LogP contribution >= 0.6 is 0 Å². The number of hydrogen-bond acceptors (Lipinski definition) is 3. The number of rotatable bonds is 1. The fourth-order valence-electron chi connectivity index (χ4n) is 1.90. The number of halogens is 1. The Morgan fingerprint density at radius 2 is 2.38 bits per heavy atom. The minimum Gasteiger partial charge on any atom is -0.332 e. The second-order valence-electron chi connectivity index (χ2n) is 3.75. The standard InChI is InChI=1S/C11H11FN4/c12-11-8(2-1-3-14-11)9-7-16-5-4-13-6-10(16)15-9/h1-3,7,13H,4-6H2. The molecule has 0 saturated heterocycles. The van der Waals surface area contributed by atoms with Gasteiger partial charge in [0, 0.05) is 25.5 Å². The number of hydrogen-bond donors (Lipinski definition) is 1. The molecule has 0 aromatic carbocycles. The van der Waals surface area contributed by atoms with Crippen molar-refractivity contribution in [2.75, 3.05) is 6.54 Å². The van der Waals surface area contributed by atoms with Gasteiger partial charge in [0.2, 0.25) is 5.95 Å². The maximum absolute atomic E-state index is 13.5. The van der Waals surface area contributed by atoms with Crippen LogP contribution in [0.25, 0.3) is 11.3 Å². The van der Waals surface area contributed by atoms with Gasteiger partial charge in [0.15, 0.2) is 0 Å². The molecule has 5 heteroatoms. The van der Waals surface area contributed by atoms with E-state index in [1.807, 2.05) is 6.20 Å². The normalized spacial score (nSPS) is 14.8. The lowest BCUT2D eigenvalue weighted by molar-refractivity contribution is 0.505. The molecule has 1 aliphatic rings. The topological polar surface area (TPSA) is 42.7 Å². The molecule has 0 unspecified atom stereocenters. The second kappa shape index (κ2) is 3.68. The Labute approximate surface area is 92.2 Å². The summed E-state index contributed by atoms with van der Waals surface area (Å²) in [5.74, 6) is 0.482. The summed E-state index contributed by atoms with van der Waals surface area (Å²) in [5, 5.41) is 3.23. The number of pyridine rings is 1. The monoisotopic (exact) mass is 218 g/mol. The summed E-state index contributed by atoms with van der Waals surface area (Å²) in [5.41, 5.74) is 1.12. The molecule has 16 heavy (non-hydrogen) atoms. The van der Waals surface area contributed by atoms with Gasteiger partial charge in [0.05, 0.1) is 17.8 Å². The molecule has 0 atom stereocenters. The zero-order valence-corrected chi connectivity index (χ0v) is 8.65. The van der Waals surface area contributed by atoms with Crippen LogP contribution in [-0.4, -0.2) is 21.1 Å². The molecule has 3 rings (SSSR count). The Morgan fingerprint density at radius 3 is 3.19 bits per heavy atom. The first-order chi connectivity index (χ1) is 7.84. The molecule has 3 heterocycles. The van der Waals surface area contributed by atoms with Gasteiger partial charge in [-0.1, -0.05) is 0 Å². The highest BCUT2D eigenvalue weighted by Crippen LogP contribution is 2.21. The summed E-state index contributed by atoms with van der Waals surface area (Å²) in [6, 6.07) is 3.42. The van der Waals surface area contributed by atoms with Crippen molar-refractivity contribution in [2.45, 2.75) is 13.1 Å². The van der Waals surface area contributed by atoms with Crippen molar-refractivity contribution in [3.05, 3.63) is 36.3 Å². The number of aromatic nitrogens is 3. The fraction of sp³-hybridized carbons (Fsp3) is 0.273. The third kappa shape index (κ3) is 1.49. The molecular formula is C11H11FN4. The number of nitrogens with zero attached hydrogens (tertiary/aromatic N) is 3. The van der Waals surface area contributed by atoms with Gasteiger partial charge in [-0.25, -0.2) is 9.97 Å². The van der Waals surface area contributed by atoms with Gasteiger partial charge in [-0.3, -0.25) is 0 Å². The predicted molar refractivity (Wildman–Crippen MR) is 57.1 cm³/mol. The fourth-order valence-corrected chi connectivity index (χ4v) is 1.90. The molecule has 0 saturated carbocycles. The molecule has 0 bridgehead atoms. The summed E-state index contributed by atoms with van der Waals surface area (Å²) in [4.78, 5) is 8.03. The van der Waals surface area contributed by atoms with Crippen molar-refractivity contribution in [3.63, 3.8) is 0 Å². The van der Waals surface area contributed by atoms with Crippen LogP contribution in [0, 0.1) is 5.95 Å². The van der Waals surface area contributed by atoms with Crippen LogP contribution in [0.3, 0.4) is 0 Å². The first-order valence-corrected chi connectivity index (χ1v) is 5.22. The van der Waals surface area contributed by atoms with Crippen LogP contribution in [0.1, 0.15) is 5.82 Å². The molecule has 2 aromatic heterocycles. The second-order valence-corrected chi connectivity index (χ2v) is 3.75. The number of imidazole rings is 1. The van der Waals surface area contributed by atoms with E-state index >= 15 is 0 Å². The molecule has 0 spiro atoms. The molecular weight excluding hydrogens is 207 g/mol. The van der Waals surface area contributed by atoms with Gasteiger partial charge < -0.3 is 9.88 Å². The van der Waals surface area contributed by atoms with E-state index < -0.39 is 5.95 Å². The molecule has 0 aliphatic carbocycles. The summed E-state index contributed by atoms with van der Waals surface area (Å²) in [7, 11) is 0. The van der Waals surface area contributed by atoms with E-state index in [0.29, 0.717) is 11.3 Å². The molecule has 0 amide bonds. The largest absolute Gasteiger partial charge is 0.332 e. The van der Waals surface area contributed by atoms with Crippen molar-refractivity contribution in [1.82, 2.24) is 19.9 Å². The first-order valence-electron chi connectivity index (χ1n) is 5.22. The average Bonchev–Trinajstić information content (AvgIpc) is 2.73. The van der Waals surface area contributed by atoms with E-state index in [-0.39, 0.29) is 0 Å². The van der Waals surface area contributed by atoms with E-state index in [1.54, 1.807) is 12.1 Å². The zero-order chi connectivity index (χ0) is 11.0. The zero-order valence-electron chi connectivity index (χ0n) is 8.65. The summed E-state index contributed by atoms with van der Waals surface area (Å²) < 4.78 is 15.5. The Morgan fingerprint density at radius 1 is 1.44 bits per heavy atom. The molecule has 0 radical (unpaired) electrons. The van der Waals surface area contributed by atoms with E-state index in [4.69, 9.17) is 0 Å². The lowest BCUT2D eigenvalue weighted by Gasteiger charge is -2.13. The Hall–Kier alpha value is -1.75. The van der Waals surface area contributed by atoms with E-state index in [1.165, 1.54) is 6.20 Å². The van der Waals surface area contributed by atoms with Gasteiger partial charge in [-0.15, -0.1) is 0 Å². The molecule has 1 N–H and O–H groups in total. The Balaban J connectivity index is 2.07. The van der Waals surface area contributed by atoms with Crippen molar-refractivity contribution in [2.24, 2.45) is 0 Å². The molecule has 0 fully saturated rings. The van der Waals surface area contributed by atoms with Crippen molar-refractivity contribution in [1.29, 1.82) is 0 Å². The van der Waals surface area contributed by atoms with Crippen molar-refractivity contribution in [3.8, 4) is 11.3 Å². The van der Waals surface area contributed by atoms with E-state index in [0.717, 1.165) is 25.5 Å². The first kappa shape index (κ1) is 9.47. The highest BCUT2D eigenvalue weighted by atomic mass is 19.1. The average molecular weight is 218 g/mol. The Kier molecular flexibility index (Phi) is 2.18. The molecule has 4 nitrogen and oxygen atoms in total. The van der Waals surface area contributed by atoms with Crippen molar-refractivity contribution >= 4 is 0 Å². The highest BCUT2D eigenvalue weighted by Gasteiger charge is 2.14. The van der Waals surface area contributed by atoms with Crippen LogP contribution in [0.5, 0.6) is 0 Å². The van der Waals surface area contributed by atoms with Crippen molar-refractivity contribution < 1.29 is 4.39 Å². The van der Waals surface area contributed by atoms with Crippen LogP contribution in [0.15, 0.2) is 24.5 Å². The summed E-state index contributed by atoms with van der Waals surface area (Å²) in [6.45, 7) is 2.55. The maximum atomic E-state index is 13.5. The van der Waals surface area contributed by atoms with Crippen LogP contribution in [0.2, 0.25) is 0 Å². The Bertz CT molecular complexity index is 497. The van der Waals surface area contributed by atoms with Gasteiger partial charge in [-0.05, 0) is 12.1 Å². The third-order valence-corrected chi connectivity index (χ3v) is 2.71. The van der Waals surface area contributed by atoms with Crippen LogP contribution in [0.4, 0.5) is 4.39 Å². The minimum absolute atomic E-state index is 0.462. The maximum Gasteiger partial charge on any atom is 0.222 e. The number of fused-ring (bicyclic) bond motifs is 1. The van der Waals surface area contributed by atoms with Crippen LogP contribution < -0.4 is 5.32 Å². The van der Waals surface area contributed by atoms with Gasteiger partial charge in [-0.2, -0.15) is 4.39 Å². The highest BCUT2D eigenvalue weighted by molar-refractivity contribution is 5.57. The number of nitrogens with one attached hydrogen (secondary N) is 1. The van der Waals surface area contributed by atoms with E-state index in [2.05, 4.69) is 19.9 Å². The lowest BCUT2D eigenvalue weighted by atomic mass is 10.2. The molecule has 2 aromatic rings. The van der Waals surface area contributed by atoms with Gasteiger partial charge in [0.1, 0.15) is 5.82 Å².